The molecule has 0 unspecified atom stereocenters. The van der Waals surface area contributed by atoms with E-state index in [1.165, 1.54) is 0 Å². The van der Waals surface area contributed by atoms with Crippen LogP contribution in [0.2, 0.25) is 10.3 Å². The smallest absolute Gasteiger partial charge is 0.174 e. The third kappa shape index (κ3) is 4.58. The lowest BCUT2D eigenvalue weighted by Crippen LogP contribution is -2.08. The van der Waals surface area contributed by atoms with Crippen molar-refractivity contribution in [2.75, 3.05) is 18.5 Å². The quantitative estimate of drug-likeness (QED) is 0.827. The Morgan fingerprint density at radius 1 is 1.11 bits per heavy atom. The lowest BCUT2D eigenvalue weighted by atomic mass is 10.3. The molecule has 4 nitrogen and oxygen atoms in total. The minimum Gasteiger partial charge on any atom is -0.494 e. The number of hydrogen-bond donors (Lipinski definition) is 1. The van der Waals surface area contributed by atoms with Crippen LogP contribution in [0.5, 0.6) is 5.75 Å². The van der Waals surface area contributed by atoms with Gasteiger partial charge in [-0.1, -0.05) is 41.4 Å². The van der Waals surface area contributed by atoms with Gasteiger partial charge in [-0.2, -0.15) is 0 Å². The lowest BCUT2D eigenvalue weighted by Gasteiger charge is -2.08. The minimum atomic E-state index is 0.312. The number of ether oxygens (including phenoxy) is 1. The minimum absolute atomic E-state index is 0.312. The van der Waals surface area contributed by atoms with Gasteiger partial charge in [-0.15, -0.1) is 10.2 Å². The first-order valence-electron chi connectivity index (χ1n) is 5.86. The summed E-state index contributed by atoms with van der Waals surface area (Å²) < 4.78 is 5.57. The topological polar surface area (TPSA) is 47.0 Å². The largest absolute Gasteiger partial charge is 0.494 e. The number of aromatic nitrogens is 2. The third-order valence-corrected chi connectivity index (χ3v) is 2.83. The number of nitrogens with zero attached hydrogens (tertiary/aromatic N) is 2. The highest BCUT2D eigenvalue weighted by atomic mass is 35.5. The maximum absolute atomic E-state index is 5.88. The summed E-state index contributed by atoms with van der Waals surface area (Å²) in [4.78, 5) is 0. The summed E-state index contributed by atoms with van der Waals surface area (Å²) in [7, 11) is 0. The number of hydrogen-bond acceptors (Lipinski definition) is 4. The molecule has 1 aromatic carbocycles. The highest BCUT2D eigenvalue weighted by Gasteiger charge is 2.03. The first-order valence-corrected chi connectivity index (χ1v) is 6.62. The molecule has 0 amide bonds. The fraction of sp³-hybridized carbons (Fsp3) is 0.231. The van der Waals surface area contributed by atoms with Crippen LogP contribution < -0.4 is 10.1 Å². The van der Waals surface area contributed by atoms with E-state index in [0.29, 0.717) is 29.1 Å². The van der Waals surface area contributed by atoms with E-state index in [1.807, 2.05) is 30.3 Å². The molecule has 6 heteroatoms. The second-order valence-electron chi connectivity index (χ2n) is 3.81. The van der Waals surface area contributed by atoms with Gasteiger partial charge in [0.25, 0.3) is 0 Å². The van der Waals surface area contributed by atoms with Crippen molar-refractivity contribution in [3.8, 4) is 5.75 Å². The van der Waals surface area contributed by atoms with Crippen molar-refractivity contribution in [2.24, 2.45) is 0 Å². The van der Waals surface area contributed by atoms with E-state index >= 15 is 0 Å². The maximum Gasteiger partial charge on any atom is 0.174 e. The van der Waals surface area contributed by atoms with Gasteiger partial charge in [-0.25, -0.2) is 0 Å². The molecule has 1 N–H and O–H groups in total. The van der Waals surface area contributed by atoms with Crippen LogP contribution in [0.15, 0.2) is 36.4 Å². The molecule has 0 saturated carbocycles. The Morgan fingerprint density at radius 3 is 2.68 bits per heavy atom. The molecular formula is C13H13Cl2N3O. The Bertz CT molecular complexity index is 523. The van der Waals surface area contributed by atoms with E-state index in [4.69, 9.17) is 27.9 Å². The summed E-state index contributed by atoms with van der Waals surface area (Å²) in [5, 5.41) is 11.1. The number of benzene rings is 1. The van der Waals surface area contributed by atoms with E-state index in [0.717, 1.165) is 12.2 Å². The highest BCUT2D eigenvalue weighted by molar-refractivity contribution is 6.33. The molecule has 19 heavy (non-hydrogen) atoms. The summed E-state index contributed by atoms with van der Waals surface area (Å²) >= 11 is 11.6. The zero-order valence-corrected chi connectivity index (χ0v) is 11.7. The van der Waals surface area contributed by atoms with Crippen LogP contribution in [0.1, 0.15) is 6.42 Å². The summed E-state index contributed by atoms with van der Waals surface area (Å²) in [5.41, 5.74) is 0.682. The Morgan fingerprint density at radius 2 is 1.89 bits per heavy atom. The van der Waals surface area contributed by atoms with E-state index in [1.54, 1.807) is 6.07 Å². The molecule has 0 aliphatic heterocycles. The van der Waals surface area contributed by atoms with Crippen molar-refractivity contribution in [3.05, 3.63) is 46.7 Å². The molecular weight excluding hydrogens is 285 g/mol. The number of para-hydroxylation sites is 1. The predicted molar refractivity (Wildman–Crippen MR) is 77.1 cm³/mol. The van der Waals surface area contributed by atoms with Gasteiger partial charge < -0.3 is 10.1 Å². The molecule has 0 radical (unpaired) electrons. The van der Waals surface area contributed by atoms with Crippen LogP contribution in [0.4, 0.5) is 5.69 Å². The van der Waals surface area contributed by atoms with Gasteiger partial charge in [-0.3, -0.25) is 0 Å². The second kappa shape index (κ2) is 7.16. The van der Waals surface area contributed by atoms with E-state index in [9.17, 15) is 0 Å². The predicted octanol–water partition coefficient (Wildman–Crippen LogP) is 3.66. The molecule has 1 aromatic heterocycles. The van der Waals surface area contributed by atoms with Crippen molar-refractivity contribution in [1.29, 1.82) is 0 Å². The zero-order valence-electron chi connectivity index (χ0n) is 10.1. The summed E-state index contributed by atoms with van der Waals surface area (Å²) in [6.45, 7) is 1.34. The van der Waals surface area contributed by atoms with Crippen LogP contribution in [0, 0.1) is 0 Å². The standard InChI is InChI=1S/C13H13Cl2N3O/c14-12-9-11(13(15)18-17-12)16-7-4-8-19-10-5-2-1-3-6-10/h1-3,5-6,9H,4,7-8H2,(H,16,17). The SMILES string of the molecule is Clc1cc(NCCCOc2ccccc2)c(Cl)nn1. The van der Waals surface area contributed by atoms with Crippen LogP contribution in [-0.4, -0.2) is 23.3 Å². The van der Waals surface area contributed by atoms with Crippen molar-refractivity contribution < 1.29 is 4.74 Å². The average molecular weight is 298 g/mol. The number of anilines is 1. The van der Waals surface area contributed by atoms with Gasteiger partial charge in [0.2, 0.25) is 0 Å². The zero-order chi connectivity index (χ0) is 13.5. The van der Waals surface area contributed by atoms with E-state index in [-0.39, 0.29) is 0 Å². The lowest BCUT2D eigenvalue weighted by molar-refractivity contribution is 0.315. The molecule has 0 spiro atoms. The first kappa shape index (κ1) is 13.9. The molecule has 100 valence electrons. The Labute approximate surface area is 121 Å². The van der Waals surface area contributed by atoms with Crippen molar-refractivity contribution in [3.63, 3.8) is 0 Å². The molecule has 0 fully saturated rings. The van der Waals surface area contributed by atoms with Crippen molar-refractivity contribution in [2.45, 2.75) is 6.42 Å². The first-order chi connectivity index (χ1) is 9.25. The number of rotatable bonds is 6. The third-order valence-electron chi connectivity index (χ3n) is 2.37. The van der Waals surface area contributed by atoms with Crippen LogP contribution in [-0.2, 0) is 0 Å². The summed E-state index contributed by atoms with van der Waals surface area (Å²) in [6.07, 6.45) is 0.838. The Balaban J connectivity index is 1.71. The van der Waals surface area contributed by atoms with Gasteiger partial charge in [0.15, 0.2) is 10.3 Å². The van der Waals surface area contributed by atoms with Crippen LogP contribution >= 0.6 is 23.2 Å². The van der Waals surface area contributed by atoms with Gasteiger partial charge >= 0.3 is 0 Å². The van der Waals surface area contributed by atoms with E-state index < -0.39 is 0 Å². The number of halogens is 2. The maximum atomic E-state index is 5.88. The molecule has 1 heterocycles. The second-order valence-corrected chi connectivity index (χ2v) is 4.56. The molecule has 2 rings (SSSR count). The van der Waals surface area contributed by atoms with Gasteiger partial charge in [-0.05, 0) is 18.6 Å². The molecule has 0 atom stereocenters. The fourth-order valence-electron chi connectivity index (χ4n) is 1.48. The van der Waals surface area contributed by atoms with Crippen molar-refractivity contribution in [1.82, 2.24) is 10.2 Å². The van der Waals surface area contributed by atoms with Gasteiger partial charge in [0.1, 0.15) is 5.75 Å². The molecule has 0 bridgehead atoms. The number of nitrogens with one attached hydrogen (secondary N) is 1. The normalized spacial score (nSPS) is 10.2. The Hall–Kier alpha value is -1.52. The monoisotopic (exact) mass is 297 g/mol. The fourth-order valence-corrected chi connectivity index (χ4v) is 1.79. The van der Waals surface area contributed by atoms with Gasteiger partial charge in [0, 0.05) is 12.6 Å². The summed E-state index contributed by atoms with van der Waals surface area (Å²) in [5.74, 6) is 0.870. The van der Waals surface area contributed by atoms with Crippen LogP contribution in [0.3, 0.4) is 0 Å². The molecule has 0 saturated heterocycles. The average Bonchev–Trinajstić information content (AvgIpc) is 2.43. The molecule has 0 aliphatic carbocycles. The van der Waals surface area contributed by atoms with Crippen LogP contribution in [0.25, 0.3) is 0 Å². The molecule has 2 aromatic rings. The molecule has 0 aliphatic rings. The van der Waals surface area contributed by atoms with Crippen molar-refractivity contribution >= 4 is 28.9 Å². The van der Waals surface area contributed by atoms with Gasteiger partial charge in [0.05, 0.1) is 12.3 Å². The Kier molecular flexibility index (Phi) is 5.24. The van der Waals surface area contributed by atoms with E-state index in [2.05, 4.69) is 15.5 Å². The highest BCUT2D eigenvalue weighted by Crippen LogP contribution is 2.20. The summed E-state index contributed by atoms with van der Waals surface area (Å²) in [6, 6.07) is 11.3.